The summed E-state index contributed by atoms with van der Waals surface area (Å²) >= 11 is 6.27. The predicted octanol–water partition coefficient (Wildman–Crippen LogP) is 1.84. The summed E-state index contributed by atoms with van der Waals surface area (Å²) in [4.78, 5) is 6.53. The maximum Gasteiger partial charge on any atom is 0.0851 e. The Morgan fingerprint density at radius 3 is 3.13 bits per heavy atom. The van der Waals surface area contributed by atoms with E-state index in [9.17, 15) is 0 Å². The molecule has 3 nitrogen and oxygen atoms in total. The molecule has 1 aliphatic heterocycles. The molecular weight excluding hydrogens is 210 g/mol. The van der Waals surface area contributed by atoms with Crippen LogP contribution in [-0.2, 0) is 0 Å². The van der Waals surface area contributed by atoms with Crippen molar-refractivity contribution in [3.63, 3.8) is 0 Å². The zero-order valence-corrected chi connectivity index (χ0v) is 9.88. The summed E-state index contributed by atoms with van der Waals surface area (Å²) in [5.41, 5.74) is 2.01. The van der Waals surface area contributed by atoms with Gasteiger partial charge in [-0.15, -0.1) is 0 Å². The molecule has 82 valence electrons. The van der Waals surface area contributed by atoms with Gasteiger partial charge in [0.15, 0.2) is 0 Å². The van der Waals surface area contributed by atoms with Gasteiger partial charge in [-0.05, 0) is 19.9 Å². The lowest BCUT2D eigenvalue weighted by atomic mass is 10.2. The molecule has 1 aromatic rings. The standard InChI is InChI=1S/C11H16ClN3/c1-8-7-13-5-6-15(8)10-3-4-14-9(2)11(10)12/h3-4,8,13H,5-7H2,1-2H3. The first kappa shape index (κ1) is 10.7. The third kappa shape index (κ3) is 2.08. The zero-order chi connectivity index (χ0) is 10.8. The van der Waals surface area contributed by atoms with Gasteiger partial charge in [0, 0.05) is 31.9 Å². The fraction of sp³-hybridized carbons (Fsp3) is 0.545. The Bertz CT molecular complexity index is 354. The molecule has 1 N–H and O–H groups in total. The molecule has 2 rings (SSSR count). The third-order valence-corrected chi connectivity index (χ3v) is 3.32. The average Bonchev–Trinajstić information content (AvgIpc) is 2.23. The van der Waals surface area contributed by atoms with E-state index < -0.39 is 0 Å². The van der Waals surface area contributed by atoms with Crippen LogP contribution in [-0.4, -0.2) is 30.7 Å². The summed E-state index contributed by atoms with van der Waals surface area (Å²) in [6.45, 7) is 7.18. The predicted molar refractivity (Wildman–Crippen MR) is 63.7 cm³/mol. The minimum absolute atomic E-state index is 0.484. The van der Waals surface area contributed by atoms with E-state index in [0.717, 1.165) is 36.0 Å². The Kier molecular flexibility index (Phi) is 3.12. The normalized spacial score (nSPS) is 21.8. The van der Waals surface area contributed by atoms with Crippen LogP contribution in [0.1, 0.15) is 12.6 Å². The first-order valence-electron chi connectivity index (χ1n) is 5.28. The molecule has 1 saturated heterocycles. The molecule has 1 fully saturated rings. The highest BCUT2D eigenvalue weighted by atomic mass is 35.5. The van der Waals surface area contributed by atoms with Crippen molar-refractivity contribution in [1.82, 2.24) is 10.3 Å². The number of aryl methyl sites for hydroxylation is 1. The van der Waals surface area contributed by atoms with Crippen molar-refractivity contribution in [2.24, 2.45) is 0 Å². The second-order valence-electron chi connectivity index (χ2n) is 3.98. The first-order chi connectivity index (χ1) is 7.20. The lowest BCUT2D eigenvalue weighted by molar-refractivity contribution is 0.500. The fourth-order valence-electron chi connectivity index (χ4n) is 1.96. The van der Waals surface area contributed by atoms with E-state index in [0.29, 0.717) is 6.04 Å². The van der Waals surface area contributed by atoms with Gasteiger partial charge in [0.05, 0.1) is 16.4 Å². The first-order valence-corrected chi connectivity index (χ1v) is 5.66. The van der Waals surface area contributed by atoms with Crippen LogP contribution in [0.25, 0.3) is 0 Å². The van der Waals surface area contributed by atoms with E-state index in [1.807, 2.05) is 19.2 Å². The van der Waals surface area contributed by atoms with Crippen molar-refractivity contribution in [2.75, 3.05) is 24.5 Å². The molecule has 1 aromatic heterocycles. The lowest BCUT2D eigenvalue weighted by Crippen LogP contribution is -2.50. The number of hydrogen-bond acceptors (Lipinski definition) is 3. The van der Waals surface area contributed by atoms with Crippen LogP contribution >= 0.6 is 11.6 Å². The highest BCUT2D eigenvalue weighted by Gasteiger charge is 2.20. The van der Waals surface area contributed by atoms with E-state index in [1.165, 1.54) is 0 Å². The van der Waals surface area contributed by atoms with E-state index in [-0.39, 0.29) is 0 Å². The van der Waals surface area contributed by atoms with Crippen LogP contribution in [0.15, 0.2) is 12.3 Å². The molecule has 0 aliphatic carbocycles. The van der Waals surface area contributed by atoms with Gasteiger partial charge in [-0.1, -0.05) is 11.6 Å². The fourth-order valence-corrected chi connectivity index (χ4v) is 2.18. The number of nitrogens with zero attached hydrogens (tertiary/aromatic N) is 2. The quantitative estimate of drug-likeness (QED) is 0.791. The Morgan fingerprint density at radius 1 is 1.60 bits per heavy atom. The summed E-state index contributed by atoms with van der Waals surface area (Å²) in [7, 11) is 0. The van der Waals surface area contributed by atoms with Crippen molar-refractivity contribution in [3.05, 3.63) is 23.0 Å². The van der Waals surface area contributed by atoms with E-state index in [1.54, 1.807) is 0 Å². The van der Waals surface area contributed by atoms with Gasteiger partial charge in [-0.2, -0.15) is 0 Å². The van der Waals surface area contributed by atoms with Crippen molar-refractivity contribution < 1.29 is 0 Å². The Morgan fingerprint density at radius 2 is 2.40 bits per heavy atom. The summed E-state index contributed by atoms with van der Waals surface area (Å²) in [5, 5.41) is 4.15. The molecule has 0 radical (unpaired) electrons. The molecule has 0 bridgehead atoms. The van der Waals surface area contributed by atoms with Gasteiger partial charge in [-0.3, -0.25) is 4.98 Å². The third-order valence-electron chi connectivity index (χ3n) is 2.85. The van der Waals surface area contributed by atoms with Crippen LogP contribution < -0.4 is 10.2 Å². The second-order valence-corrected chi connectivity index (χ2v) is 4.35. The molecule has 2 heterocycles. The van der Waals surface area contributed by atoms with Gasteiger partial charge < -0.3 is 10.2 Å². The number of pyridine rings is 1. The highest BCUT2D eigenvalue weighted by Crippen LogP contribution is 2.29. The van der Waals surface area contributed by atoms with Crippen LogP contribution in [0.3, 0.4) is 0 Å². The number of aromatic nitrogens is 1. The van der Waals surface area contributed by atoms with Gasteiger partial charge in [0.2, 0.25) is 0 Å². The van der Waals surface area contributed by atoms with Crippen LogP contribution in [0, 0.1) is 6.92 Å². The van der Waals surface area contributed by atoms with E-state index >= 15 is 0 Å². The number of rotatable bonds is 1. The zero-order valence-electron chi connectivity index (χ0n) is 9.13. The van der Waals surface area contributed by atoms with Crippen molar-refractivity contribution in [2.45, 2.75) is 19.9 Å². The monoisotopic (exact) mass is 225 g/mol. The summed E-state index contributed by atoms with van der Waals surface area (Å²) in [6.07, 6.45) is 1.82. The van der Waals surface area contributed by atoms with E-state index in [4.69, 9.17) is 11.6 Å². The number of hydrogen-bond donors (Lipinski definition) is 1. The number of halogens is 1. The maximum atomic E-state index is 6.27. The van der Waals surface area contributed by atoms with Crippen LogP contribution in [0.5, 0.6) is 0 Å². The van der Waals surface area contributed by atoms with Gasteiger partial charge in [0.25, 0.3) is 0 Å². The van der Waals surface area contributed by atoms with Crippen LogP contribution in [0.4, 0.5) is 5.69 Å². The van der Waals surface area contributed by atoms with Crippen LogP contribution in [0.2, 0.25) is 5.02 Å². The Balaban J connectivity index is 2.31. The lowest BCUT2D eigenvalue weighted by Gasteiger charge is -2.36. The summed E-state index contributed by atoms with van der Waals surface area (Å²) in [6, 6.07) is 2.48. The molecule has 0 saturated carbocycles. The average molecular weight is 226 g/mol. The van der Waals surface area contributed by atoms with Gasteiger partial charge in [-0.25, -0.2) is 0 Å². The van der Waals surface area contributed by atoms with Crippen molar-refractivity contribution in [1.29, 1.82) is 0 Å². The molecule has 1 unspecified atom stereocenters. The highest BCUT2D eigenvalue weighted by molar-refractivity contribution is 6.33. The largest absolute Gasteiger partial charge is 0.365 e. The van der Waals surface area contributed by atoms with Crippen molar-refractivity contribution in [3.8, 4) is 0 Å². The SMILES string of the molecule is Cc1nccc(N2CCNCC2C)c1Cl. The minimum atomic E-state index is 0.484. The summed E-state index contributed by atoms with van der Waals surface area (Å²) < 4.78 is 0. The molecule has 0 amide bonds. The molecule has 15 heavy (non-hydrogen) atoms. The summed E-state index contributed by atoms with van der Waals surface area (Å²) in [5.74, 6) is 0. The number of nitrogens with one attached hydrogen (secondary N) is 1. The van der Waals surface area contributed by atoms with Gasteiger partial charge >= 0.3 is 0 Å². The molecule has 4 heteroatoms. The minimum Gasteiger partial charge on any atom is -0.365 e. The Labute approximate surface area is 95.4 Å². The number of anilines is 1. The molecule has 1 aliphatic rings. The number of piperazine rings is 1. The topological polar surface area (TPSA) is 28.2 Å². The second kappa shape index (κ2) is 4.37. The van der Waals surface area contributed by atoms with Gasteiger partial charge in [0.1, 0.15) is 0 Å². The maximum absolute atomic E-state index is 6.27. The molecule has 1 atom stereocenters. The van der Waals surface area contributed by atoms with E-state index in [2.05, 4.69) is 22.1 Å². The Hall–Kier alpha value is -0.800. The molecule has 0 aromatic carbocycles. The molecule has 0 spiro atoms. The van der Waals surface area contributed by atoms with Crippen molar-refractivity contribution >= 4 is 17.3 Å². The smallest absolute Gasteiger partial charge is 0.0851 e. The molecular formula is C11H16ClN3.